The van der Waals surface area contributed by atoms with Gasteiger partial charge in [0, 0.05) is 26.7 Å². The molecule has 0 aromatic carbocycles. The van der Waals surface area contributed by atoms with Gasteiger partial charge in [0.25, 0.3) is 0 Å². The van der Waals surface area contributed by atoms with E-state index in [0.717, 1.165) is 32.4 Å². The standard InChI is InChI=1S/C12H21N3O4/c1-14(8-5-11(17)18)12(19)13-9-10(16)15-6-3-2-4-7-15/h2-9H2,1H3,(H,13,19)(H,17,18). The van der Waals surface area contributed by atoms with Gasteiger partial charge in [-0.2, -0.15) is 0 Å². The Labute approximate surface area is 112 Å². The summed E-state index contributed by atoms with van der Waals surface area (Å²) in [7, 11) is 1.50. The lowest BCUT2D eigenvalue weighted by Crippen LogP contribution is -2.46. The number of piperidine rings is 1. The number of carbonyl (C=O) groups is 3. The summed E-state index contributed by atoms with van der Waals surface area (Å²) in [4.78, 5) is 36.8. The number of nitrogens with one attached hydrogen (secondary N) is 1. The number of hydrogen-bond acceptors (Lipinski definition) is 3. The van der Waals surface area contributed by atoms with Crippen LogP contribution in [0.1, 0.15) is 25.7 Å². The van der Waals surface area contributed by atoms with Gasteiger partial charge in [0.2, 0.25) is 5.91 Å². The first-order chi connectivity index (χ1) is 9.00. The number of rotatable bonds is 5. The third kappa shape index (κ3) is 5.58. The SMILES string of the molecule is CN(CCC(=O)O)C(=O)NCC(=O)N1CCCCC1. The van der Waals surface area contributed by atoms with Crippen LogP contribution in [0.2, 0.25) is 0 Å². The Kier molecular flexibility index (Phi) is 6.11. The highest BCUT2D eigenvalue weighted by Crippen LogP contribution is 2.08. The van der Waals surface area contributed by atoms with Gasteiger partial charge in [-0.1, -0.05) is 0 Å². The minimum atomic E-state index is -0.955. The second-order valence-corrected chi connectivity index (χ2v) is 4.67. The van der Waals surface area contributed by atoms with Crippen molar-refractivity contribution in [3.8, 4) is 0 Å². The number of nitrogens with zero attached hydrogens (tertiary/aromatic N) is 2. The van der Waals surface area contributed by atoms with Crippen LogP contribution in [-0.2, 0) is 9.59 Å². The topological polar surface area (TPSA) is 90.0 Å². The van der Waals surface area contributed by atoms with Crippen LogP contribution < -0.4 is 5.32 Å². The van der Waals surface area contributed by atoms with Crippen molar-refractivity contribution in [2.45, 2.75) is 25.7 Å². The van der Waals surface area contributed by atoms with Crippen molar-refractivity contribution < 1.29 is 19.5 Å². The van der Waals surface area contributed by atoms with Gasteiger partial charge < -0.3 is 20.2 Å². The fraction of sp³-hybridized carbons (Fsp3) is 0.750. The molecule has 0 radical (unpaired) electrons. The maximum absolute atomic E-state index is 11.8. The van der Waals surface area contributed by atoms with Gasteiger partial charge in [0.05, 0.1) is 13.0 Å². The normalized spacial score (nSPS) is 14.9. The first-order valence-electron chi connectivity index (χ1n) is 6.49. The highest BCUT2D eigenvalue weighted by Gasteiger charge is 2.17. The highest BCUT2D eigenvalue weighted by molar-refractivity contribution is 5.84. The van der Waals surface area contributed by atoms with Crippen LogP contribution in [0.4, 0.5) is 4.79 Å². The predicted octanol–water partition coefficient (Wildman–Crippen LogP) is 0.115. The molecular formula is C12H21N3O4. The fourth-order valence-corrected chi connectivity index (χ4v) is 1.91. The Bertz CT molecular complexity index is 340. The molecule has 0 saturated carbocycles. The van der Waals surface area contributed by atoms with Gasteiger partial charge in [-0.3, -0.25) is 9.59 Å². The van der Waals surface area contributed by atoms with E-state index in [-0.39, 0.29) is 25.4 Å². The van der Waals surface area contributed by atoms with Gasteiger partial charge in [0.15, 0.2) is 0 Å². The second-order valence-electron chi connectivity index (χ2n) is 4.67. The Balaban J connectivity index is 2.24. The molecule has 108 valence electrons. The maximum atomic E-state index is 11.8. The van der Waals surface area contributed by atoms with E-state index in [1.165, 1.54) is 11.9 Å². The summed E-state index contributed by atoms with van der Waals surface area (Å²) in [6.45, 7) is 1.60. The van der Waals surface area contributed by atoms with E-state index in [2.05, 4.69) is 5.32 Å². The van der Waals surface area contributed by atoms with Crippen LogP contribution in [0.25, 0.3) is 0 Å². The van der Waals surface area contributed by atoms with Gasteiger partial charge in [-0.25, -0.2) is 4.79 Å². The van der Waals surface area contributed by atoms with E-state index >= 15 is 0 Å². The van der Waals surface area contributed by atoms with E-state index in [0.29, 0.717) is 0 Å². The number of likely N-dealkylation sites (tertiary alicyclic amines) is 1. The molecule has 0 unspecified atom stereocenters. The molecule has 0 aromatic rings. The zero-order chi connectivity index (χ0) is 14.3. The van der Waals surface area contributed by atoms with Crippen molar-refractivity contribution >= 4 is 17.9 Å². The van der Waals surface area contributed by atoms with Crippen molar-refractivity contribution in [2.24, 2.45) is 0 Å². The molecule has 0 aliphatic carbocycles. The third-order valence-corrected chi connectivity index (χ3v) is 3.11. The number of aliphatic carboxylic acids is 1. The summed E-state index contributed by atoms with van der Waals surface area (Å²) < 4.78 is 0. The summed E-state index contributed by atoms with van der Waals surface area (Å²) in [6.07, 6.45) is 3.06. The molecule has 7 heteroatoms. The summed E-state index contributed by atoms with van der Waals surface area (Å²) in [5, 5.41) is 11.0. The maximum Gasteiger partial charge on any atom is 0.317 e. The monoisotopic (exact) mass is 271 g/mol. The molecule has 1 saturated heterocycles. The molecule has 19 heavy (non-hydrogen) atoms. The molecule has 0 aromatic heterocycles. The third-order valence-electron chi connectivity index (χ3n) is 3.11. The Morgan fingerprint density at radius 2 is 1.84 bits per heavy atom. The molecule has 1 aliphatic rings. The number of carboxylic acid groups (broad SMARTS) is 1. The average molecular weight is 271 g/mol. The fourth-order valence-electron chi connectivity index (χ4n) is 1.91. The van der Waals surface area contributed by atoms with Crippen molar-refractivity contribution in [1.82, 2.24) is 15.1 Å². The Morgan fingerprint density at radius 3 is 2.42 bits per heavy atom. The number of carbonyl (C=O) groups excluding carboxylic acids is 2. The van der Waals surface area contributed by atoms with E-state index in [4.69, 9.17) is 5.11 Å². The van der Waals surface area contributed by atoms with Gasteiger partial charge >= 0.3 is 12.0 Å². The van der Waals surface area contributed by atoms with Crippen LogP contribution in [0.3, 0.4) is 0 Å². The number of carboxylic acids is 1. The average Bonchev–Trinajstić information content (AvgIpc) is 2.42. The zero-order valence-corrected chi connectivity index (χ0v) is 11.2. The lowest BCUT2D eigenvalue weighted by atomic mass is 10.1. The molecule has 0 spiro atoms. The Morgan fingerprint density at radius 1 is 1.21 bits per heavy atom. The minimum Gasteiger partial charge on any atom is -0.481 e. The highest BCUT2D eigenvalue weighted by atomic mass is 16.4. The molecular weight excluding hydrogens is 250 g/mol. The van der Waals surface area contributed by atoms with Crippen molar-refractivity contribution in [3.63, 3.8) is 0 Å². The van der Waals surface area contributed by atoms with Crippen LogP contribution in [-0.4, -0.2) is 66.0 Å². The van der Waals surface area contributed by atoms with E-state index < -0.39 is 12.0 Å². The van der Waals surface area contributed by atoms with Crippen molar-refractivity contribution in [1.29, 1.82) is 0 Å². The Hall–Kier alpha value is -1.79. The molecule has 7 nitrogen and oxygen atoms in total. The quantitative estimate of drug-likeness (QED) is 0.743. The van der Waals surface area contributed by atoms with Gasteiger partial charge in [-0.15, -0.1) is 0 Å². The summed E-state index contributed by atoms with van der Waals surface area (Å²) in [6, 6.07) is -0.424. The molecule has 0 atom stereocenters. The summed E-state index contributed by atoms with van der Waals surface area (Å²) in [5.74, 6) is -1.04. The molecule has 1 heterocycles. The smallest absolute Gasteiger partial charge is 0.317 e. The van der Waals surface area contributed by atoms with Gasteiger partial charge in [0.1, 0.15) is 0 Å². The minimum absolute atomic E-state index is 0.0315. The first kappa shape index (κ1) is 15.3. The lowest BCUT2D eigenvalue weighted by molar-refractivity contribution is -0.137. The number of urea groups is 1. The molecule has 2 N–H and O–H groups in total. The first-order valence-corrected chi connectivity index (χ1v) is 6.49. The zero-order valence-electron chi connectivity index (χ0n) is 11.2. The lowest BCUT2D eigenvalue weighted by Gasteiger charge is -2.27. The molecule has 0 bridgehead atoms. The van der Waals surface area contributed by atoms with E-state index in [1.807, 2.05) is 0 Å². The largest absolute Gasteiger partial charge is 0.481 e. The predicted molar refractivity (Wildman–Crippen MR) is 68.7 cm³/mol. The van der Waals surface area contributed by atoms with Crippen molar-refractivity contribution in [2.75, 3.05) is 33.2 Å². The number of hydrogen-bond donors (Lipinski definition) is 2. The van der Waals surface area contributed by atoms with Gasteiger partial charge in [-0.05, 0) is 19.3 Å². The van der Waals surface area contributed by atoms with Crippen LogP contribution in [0, 0.1) is 0 Å². The van der Waals surface area contributed by atoms with Crippen LogP contribution >= 0.6 is 0 Å². The van der Waals surface area contributed by atoms with E-state index in [1.54, 1.807) is 4.90 Å². The molecule has 1 fully saturated rings. The number of amides is 3. The summed E-state index contributed by atoms with van der Waals surface area (Å²) >= 11 is 0. The van der Waals surface area contributed by atoms with Crippen LogP contribution in [0.5, 0.6) is 0 Å². The second kappa shape index (κ2) is 7.60. The summed E-state index contributed by atoms with van der Waals surface area (Å²) in [5.41, 5.74) is 0. The van der Waals surface area contributed by atoms with E-state index in [9.17, 15) is 14.4 Å². The molecule has 1 aliphatic heterocycles. The van der Waals surface area contributed by atoms with Crippen LogP contribution in [0.15, 0.2) is 0 Å². The van der Waals surface area contributed by atoms with Crippen molar-refractivity contribution in [3.05, 3.63) is 0 Å². The molecule has 1 rings (SSSR count). The molecule has 3 amide bonds.